The third kappa shape index (κ3) is 4.82. The molecule has 7 nitrogen and oxygen atoms in total. The van der Waals surface area contributed by atoms with E-state index in [0.717, 1.165) is 62.8 Å². The lowest BCUT2D eigenvalue weighted by atomic mass is 9.94. The van der Waals surface area contributed by atoms with E-state index in [-0.39, 0.29) is 11.7 Å². The van der Waals surface area contributed by atoms with Crippen molar-refractivity contribution in [3.05, 3.63) is 64.0 Å². The van der Waals surface area contributed by atoms with Gasteiger partial charge in [-0.05, 0) is 81.0 Å². The fourth-order valence-electron chi connectivity index (χ4n) is 5.40. The summed E-state index contributed by atoms with van der Waals surface area (Å²) in [6, 6.07) is 14.5. The van der Waals surface area contributed by atoms with E-state index >= 15 is 0 Å². The van der Waals surface area contributed by atoms with Gasteiger partial charge in [0.05, 0.1) is 15.9 Å². The highest BCUT2D eigenvalue weighted by molar-refractivity contribution is 7.89. The Hall–Kier alpha value is -2.13. The van der Waals surface area contributed by atoms with Gasteiger partial charge in [-0.15, -0.1) is 0 Å². The van der Waals surface area contributed by atoms with Crippen LogP contribution in [0.4, 0.5) is 0 Å². The van der Waals surface area contributed by atoms with Crippen LogP contribution in [0.3, 0.4) is 0 Å². The number of nitrogens with one attached hydrogen (secondary N) is 1. The van der Waals surface area contributed by atoms with Gasteiger partial charge in [0.2, 0.25) is 10.0 Å². The maximum atomic E-state index is 12.9. The molecule has 0 aliphatic carbocycles. The van der Waals surface area contributed by atoms with Gasteiger partial charge in [0.15, 0.2) is 0 Å². The average molecular weight is 503 g/mol. The van der Waals surface area contributed by atoms with Crippen LogP contribution in [0.1, 0.15) is 38.1 Å². The van der Waals surface area contributed by atoms with E-state index < -0.39 is 10.0 Å². The van der Waals surface area contributed by atoms with Crippen LogP contribution < -0.4 is 5.69 Å². The molecule has 2 saturated heterocycles. The Balaban J connectivity index is 1.10. The first-order chi connectivity index (χ1) is 16.4. The Bertz CT molecular complexity index is 1290. The van der Waals surface area contributed by atoms with Crippen LogP contribution >= 0.6 is 11.6 Å². The summed E-state index contributed by atoms with van der Waals surface area (Å²) >= 11 is 5.90. The molecule has 0 saturated carbocycles. The second kappa shape index (κ2) is 9.85. The normalized spacial score (nSPS) is 19.7. The number of imidazole rings is 1. The highest BCUT2D eigenvalue weighted by Gasteiger charge is 2.30. The molecule has 1 aromatic heterocycles. The molecule has 2 fully saturated rings. The van der Waals surface area contributed by atoms with Crippen molar-refractivity contribution in [3.8, 4) is 0 Å². The number of aromatic amines is 1. The van der Waals surface area contributed by atoms with Crippen LogP contribution in [0.2, 0.25) is 5.02 Å². The largest absolute Gasteiger partial charge is 0.326 e. The lowest BCUT2D eigenvalue weighted by Crippen LogP contribution is -2.40. The van der Waals surface area contributed by atoms with Gasteiger partial charge in [0, 0.05) is 37.2 Å². The Labute approximate surface area is 205 Å². The molecule has 0 bridgehead atoms. The number of halogens is 1. The van der Waals surface area contributed by atoms with Gasteiger partial charge in [-0.25, -0.2) is 13.2 Å². The van der Waals surface area contributed by atoms with E-state index in [4.69, 9.17) is 11.6 Å². The van der Waals surface area contributed by atoms with Gasteiger partial charge >= 0.3 is 5.69 Å². The molecule has 0 spiro atoms. The van der Waals surface area contributed by atoms with E-state index in [0.29, 0.717) is 28.9 Å². The van der Waals surface area contributed by atoms with Crippen molar-refractivity contribution in [1.82, 2.24) is 18.8 Å². The van der Waals surface area contributed by atoms with Crippen molar-refractivity contribution < 1.29 is 8.42 Å². The van der Waals surface area contributed by atoms with Gasteiger partial charge < -0.3 is 9.88 Å². The van der Waals surface area contributed by atoms with Crippen molar-refractivity contribution in [2.45, 2.75) is 43.0 Å². The first-order valence-electron chi connectivity index (χ1n) is 12.1. The SMILES string of the molecule is O=c1[nH]c2ccccc2n1C1CCN(CCC2CCN(S(=O)(=O)c3ccc(Cl)cc3)CC2)CC1. The maximum absolute atomic E-state index is 12.9. The van der Waals surface area contributed by atoms with Crippen molar-refractivity contribution in [1.29, 1.82) is 0 Å². The number of nitrogens with zero attached hydrogens (tertiary/aromatic N) is 3. The topological polar surface area (TPSA) is 78.4 Å². The molecule has 0 atom stereocenters. The van der Waals surface area contributed by atoms with Crippen LogP contribution in [-0.4, -0.2) is 59.9 Å². The fourth-order valence-corrected chi connectivity index (χ4v) is 6.99. The minimum absolute atomic E-state index is 0.0139. The lowest BCUT2D eigenvalue weighted by Gasteiger charge is -2.35. The summed E-state index contributed by atoms with van der Waals surface area (Å²) < 4.78 is 29.3. The monoisotopic (exact) mass is 502 g/mol. The zero-order chi connectivity index (χ0) is 23.7. The molecule has 0 amide bonds. The molecule has 2 aliphatic rings. The number of hydrogen-bond donors (Lipinski definition) is 1. The van der Waals surface area contributed by atoms with Crippen molar-refractivity contribution in [2.24, 2.45) is 5.92 Å². The molecular formula is C25H31ClN4O3S. The van der Waals surface area contributed by atoms with E-state index in [2.05, 4.69) is 9.88 Å². The van der Waals surface area contributed by atoms with Crippen LogP contribution in [0.5, 0.6) is 0 Å². The van der Waals surface area contributed by atoms with Gasteiger partial charge in [-0.3, -0.25) is 4.57 Å². The summed E-state index contributed by atoms with van der Waals surface area (Å²) in [6.07, 6.45) is 4.83. The summed E-state index contributed by atoms with van der Waals surface area (Å²) in [6.45, 7) is 4.15. The highest BCUT2D eigenvalue weighted by Crippen LogP contribution is 2.28. The number of fused-ring (bicyclic) bond motifs is 1. The average Bonchev–Trinajstić information content (AvgIpc) is 3.19. The molecule has 34 heavy (non-hydrogen) atoms. The first-order valence-corrected chi connectivity index (χ1v) is 13.9. The second-order valence-corrected chi connectivity index (χ2v) is 11.9. The molecular weight excluding hydrogens is 472 g/mol. The van der Waals surface area contributed by atoms with E-state index in [1.54, 1.807) is 28.6 Å². The highest BCUT2D eigenvalue weighted by atomic mass is 35.5. The molecule has 182 valence electrons. The van der Waals surface area contributed by atoms with Gasteiger partial charge in [0.1, 0.15) is 0 Å². The zero-order valence-electron chi connectivity index (χ0n) is 19.2. The summed E-state index contributed by atoms with van der Waals surface area (Å²) in [7, 11) is -3.45. The number of piperidine rings is 2. The predicted molar refractivity (Wildman–Crippen MR) is 135 cm³/mol. The summed E-state index contributed by atoms with van der Waals surface area (Å²) in [5.74, 6) is 0.547. The zero-order valence-corrected chi connectivity index (χ0v) is 20.8. The van der Waals surface area contributed by atoms with Crippen molar-refractivity contribution >= 4 is 32.7 Å². The third-order valence-corrected chi connectivity index (χ3v) is 9.59. The van der Waals surface area contributed by atoms with Crippen LogP contribution in [0.25, 0.3) is 11.0 Å². The molecule has 9 heteroatoms. The molecule has 2 aromatic carbocycles. The molecule has 0 unspecified atom stereocenters. The Morgan fingerprint density at radius 2 is 1.59 bits per heavy atom. The van der Waals surface area contributed by atoms with E-state index in [9.17, 15) is 13.2 Å². The number of aromatic nitrogens is 2. The lowest BCUT2D eigenvalue weighted by molar-refractivity contribution is 0.164. The van der Waals surface area contributed by atoms with Crippen LogP contribution in [0, 0.1) is 5.92 Å². The number of rotatable bonds is 6. The number of para-hydroxylation sites is 2. The number of benzene rings is 2. The Morgan fingerprint density at radius 1 is 0.912 bits per heavy atom. The number of sulfonamides is 1. The molecule has 3 heterocycles. The number of likely N-dealkylation sites (tertiary alicyclic amines) is 1. The van der Waals surface area contributed by atoms with Crippen LogP contribution in [-0.2, 0) is 10.0 Å². The summed E-state index contributed by atoms with van der Waals surface area (Å²) in [5.41, 5.74) is 1.88. The first kappa shape index (κ1) is 23.6. The second-order valence-electron chi connectivity index (χ2n) is 9.48. The Morgan fingerprint density at radius 3 is 2.29 bits per heavy atom. The standard InChI is InChI=1S/C25H31ClN4O3S/c26-20-5-7-22(8-6-20)34(32,33)29-17-10-19(11-18-29)9-14-28-15-12-21(13-16-28)30-24-4-2-1-3-23(24)27-25(30)31/h1-8,19,21H,9-18H2,(H,27,31). The van der Waals surface area contributed by atoms with Gasteiger partial charge in [-0.2, -0.15) is 4.31 Å². The third-order valence-electron chi connectivity index (χ3n) is 7.42. The van der Waals surface area contributed by atoms with Crippen LogP contribution in [0.15, 0.2) is 58.2 Å². The van der Waals surface area contributed by atoms with E-state index in [1.807, 2.05) is 28.8 Å². The predicted octanol–water partition coefficient (Wildman–Crippen LogP) is 4.11. The quantitative estimate of drug-likeness (QED) is 0.550. The fraction of sp³-hybridized carbons (Fsp3) is 0.480. The van der Waals surface area contributed by atoms with Crippen molar-refractivity contribution in [3.63, 3.8) is 0 Å². The minimum Gasteiger partial charge on any atom is -0.306 e. The molecule has 3 aromatic rings. The molecule has 0 radical (unpaired) electrons. The van der Waals surface area contributed by atoms with Gasteiger partial charge in [-0.1, -0.05) is 23.7 Å². The van der Waals surface area contributed by atoms with E-state index in [1.165, 1.54) is 0 Å². The van der Waals surface area contributed by atoms with Gasteiger partial charge in [0.25, 0.3) is 0 Å². The minimum atomic E-state index is -3.45. The number of H-pyrrole nitrogens is 1. The summed E-state index contributed by atoms with van der Waals surface area (Å²) in [5, 5.41) is 0.537. The molecule has 5 rings (SSSR count). The maximum Gasteiger partial charge on any atom is 0.326 e. The molecule has 1 N–H and O–H groups in total. The summed E-state index contributed by atoms with van der Waals surface area (Å²) in [4.78, 5) is 18.3. The van der Waals surface area contributed by atoms with Crippen molar-refractivity contribution in [2.75, 3.05) is 32.7 Å². The smallest absolute Gasteiger partial charge is 0.306 e. The number of hydrogen-bond acceptors (Lipinski definition) is 4. The molecule has 2 aliphatic heterocycles. The Kier molecular flexibility index (Phi) is 6.84.